The number of urea groups is 1. The van der Waals surface area contributed by atoms with E-state index in [1.807, 2.05) is 25.1 Å². The molecule has 2 amide bonds. The van der Waals surface area contributed by atoms with Gasteiger partial charge in [-0.05, 0) is 44.0 Å². The standard InChI is InChI=1S/C15H24N2O3/c1-4-5-8-20-13-6-7-14(11(2)9-13)17-15(19)16-12(3)10-18/h6-7,9,12,18H,4-5,8,10H2,1-3H3,(H2,16,17,19)/t12-/m0/s1. The maximum Gasteiger partial charge on any atom is 0.319 e. The zero-order valence-corrected chi connectivity index (χ0v) is 12.4. The molecule has 112 valence electrons. The average molecular weight is 280 g/mol. The summed E-state index contributed by atoms with van der Waals surface area (Å²) in [6.07, 6.45) is 2.13. The Morgan fingerprint density at radius 3 is 2.80 bits per heavy atom. The minimum atomic E-state index is -0.325. The molecule has 5 heteroatoms. The summed E-state index contributed by atoms with van der Waals surface area (Å²) < 4.78 is 5.61. The SMILES string of the molecule is CCCCOc1ccc(NC(=O)N[C@@H](C)CO)c(C)c1. The Labute approximate surface area is 120 Å². The van der Waals surface area contributed by atoms with Crippen molar-refractivity contribution < 1.29 is 14.6 Å². The second-order valence-electron chi connectivity index (χ2n) is 4.86. The number of unbranched alkanes of at least 4 members (excludes halogenated alkanes) is 1. The highest BCUT2D eigenvalue weighted by atomic mass is 16.5. The van der Waals surface area contributed by atoms with E-state index in [2.05, 4.69) is 17.6 Å². The molecule has 0 heterocycles. The fraction of sp³-hybridized carbons (Fsp3) is 0.533. The molecule has 0 spiro atoms. The number of carbonyl (C=O) groups excluding carboxylic acids is 1. The summed E-state index contributed by atoms with van der Waals surface area (Å²) in [5.74, 6) is 0.811. The lowest BCUT2D eigenvalue weighted by Gasteiger charge is -2.14. The van der Waals surface area contributed by atoms with Gasteiger partial charge in [0.15, 0.2) is 0 Å². The lowest BCUT2D eigenvalue weighted by atomic mass is 10.2. The van der Waals surface area contributed by atoms with E-state index in [1.54, 1.807) is 6.92 Å². The second-order valence-corrected chi connectivity index (χ2v) is 4.86. The first-order chi connectivity index (χ1) is 9.56. The highest BCUT2D eigenvalue weighted by molar-refractivity contribution is 5.90. The Morgan fingerprint density at radius 2 is 2.20 bits per heavy atom. The minimum absolute atomic E-state index is 0.0867. The van der Waals surface area contributed by atoms with E-state index in [9.17, 15) is 4.79 Å². The van der Waals surface area contributed by atoms with Crippen LogP contribution in [0.4, 0.5) is 10.5 Å². The number of hydrogen-bond acceptors (Lipinski definition) is 3. The van der Waals surface area contributed by atoms with Crippen LogP contribution in [0, 0.1) is 6.92 Å². The number of rotatable bonds is 7. The van der Waals surface area contributed by atoms with Gasteiger partial charge in [0.05, 0.1) is 19.3 Å². The molecular weight excluding hydrogens is 256 g/mol. The quantitative estimate of drug-likeness (QED) is 0.672. The summed E-state index contributed by atoms with van der Waals surface area (Å²) in [6.45, 7) is 6.39. The van der Waals surface area contributed by atoms with E-state index < -0.39 is 0 Å². The Hall–Kier alpha value is -1.75. The first kappa shape index (κ1) is 16.3. The van der Waals surface area contributed by atoms with E-state index in [1.165, 1.54) is 0 Å². The Balaban J connectivity index is 2.57. The lowest BCUT2D eigenvalue weighted by Crippen LogP contribution is -2.38. The Bertz CT molecular complexity index is 435. The predicted octanol–water partition coefficient (Wildman–Crippen LogP) is 2.68. The molecule has 0 saturated heterocycles. The molecule has 0 saturated carbocycles. The molecule has 5 nitrogen and oxygen atoms in total. The van der Waals surface area contributed by atoms with Gasteiger partial charge in [-0.2, -0.15) is 0 Å². The topological polar surface area (TPSA) is 70.6 Å². The zero-order chi connectivity index (χ0) is 15.0. The molecule has 0 aliphatic carbocycles. The molecular formula is C15H24N2O3. The summed E-state index contributed by atoms with van der Waals surface area (Å²) in [5, 5.41) is 14.3. The van der Waals surface area contributed by atoms with Crippen molar-refractivity contribution in [1.29, 1.82) is 0 Å². The van der Waals surface area contributed by atoms with Gasteiger partial charge in [0.25, 0.3) is 0 Å². The number of aryl methyl sites for hydroxylation is 1. The molecule has 0 radical (unpaired) electrons. The van der Waals surface area contributed by atoms with Crippen LogP contribution in [-0.2, 0) is 0 Å². The number of nitrogens with one attached hydrogen (secondary N) is 2. The van der Waals surface area contributed by atoms with E-state index >= 15 is 0 Å². The molecule has 0 aromatic heterocycles. The molecule has 0 fully saturated rings. The first-order valence-electron chi connectivity index (χ1n) is 6.98. The van der Waals surface area contributed by atoms with Crippen LogP contribution in [-0.4, -0.2) is 30.4 Å². The molecule has 0 unspecified atom stereocenters. The number of benzene rings is 1. The number of aliphatic hydroxyl groups is 1. The average Bonchev–Trinajstić information content (AvgIpc) is 2.42. The third kappa shape index (κ3) is 5.48. The zero-order valence-electron chi connectivity index (χ0n) is 12.4. The number of carbonyl (C=O) groups is 1. The van der Waals surface area contributed by atoms with Gasteiger partial charge >= 0.3 is 6.03 Å². The van der Waals surface area contributed by atoms with Gasteiger partial charge in [0, 0.05) is 5.69 Å². The van der Waals surface area contributed by atoms with Crippen molar-refractivity contribution in [2.45, 2.75) is 39.7 Å². The second kappa shape index (κ2) is 8.43. The van der Waals surface area contributed by atoms with Crippen LogP contribution in [0.5, 0.6) is 5.75 Å². The van der Waals surface area contributed by atoms with Gasteiger partial charge in [-0.25, -0.2) is 4.79 Å². The van der Waals surface area contributed by atoms with Crippen molar-refractivity contribution in [2.24, 2.45) is 0 Å². The largest absolute Gasteiger partial charge is 0.494 e. The van der Waals surface area contributed by atoms with Crippen LogP contribution >= 0.6 is 0 Å². The van der Waals surface area contributed by atoms with Crippen LogP contribution in [0.25, 0.3) is 0 Å². The monoisotopic (exact) mass is 280 g/mol. The highest BCUT2D eigenvalue weighted by Gasteiger charge is 2.08. The highest BCUT2D eigenvalue weighted by Crippen LogP contribution is 2.21. The van der Waals surface area contributed by atoms with Crippen molar-refractivity contribution >= 4 is 11.7 Å². The molecule has 0 aliphatic rings. The van der Waals surface area contributed by atoms with Crippen LogP contribution in [0.1, 0.15) is 32.3 Å². The molecule has 1 aromatic rings. The Morgan fingerprint density at radius 1 is 1.45 bits per heavy atom. The summed E-state index contributed by atoms with van der Waals surface area (Å²) in [7, 11) is 0. The molecule has 0 aliphatic heterocycles. The summed E-state index contributed by atoms with van der Waals surface area (Å²) >= 11 is 0. The fourth-order valence-corrected chi connectivity index (χ4v) is 1.63. The molecule has 1 atom stereocenters. The fourth-order valence-electron chi connectivity index (χ4n) is 1.63. The van der Waals surface area contributed by atoms with Gasteiger partial charge < -0.3 is 20.5 Å². The number of hydrogen-bond donors (Lipinski definition) is 3. The van der Waals surface area contributed by atoms with Gasteiger partial charge in [0.1, 0.15) is 5.75 Å². The number of amides is 2. The summed E-state index contributed by atoms with van der Waals surface area (Å²) in [4.78, 5) is 11.7. The number of anilines is 1. The molecule has 20 heavy (non-hydrogen) atoms. The minimum Gasteiger partial charge on any atom is -0.494 e. The normalized spacial score (nSPS) is 11.8. The van der Waals surface area contributed by atoms with Crippen LogP contribution in [0.15, 0.2) is 18.2 Å². The van der Waals surface area contributed by atoms with Gasteiger partial charge in [-0.3, -0.25) is 0 Å². The van der Waals surface area contributed by atoms with Crippen molar-refractivity contribution in [2.75, 3.05) is 18.5 Å². The third-order valence-electron chi connectivity index (χ3n) is 2.86. The van der Waals surface area contributed by atoms with Crippen LogP contribution in [0.3, 0.4) is 0 Å². The van der Waals surface area contributed by atoms with E-state index in [0.717, 1.165) is 29.8 Å². The maximum absolute atomic E-state index is 11.7. The smallest absolute Gasteiger partial charge is 0.319 e. The van der Waals surface area contributed by atoms with Crippen molar-refractivity contribution in [3.8, 4) is 5.75 Å². The summed E-state index contributed by atoms with van der Waals surface area (Å²) in [5.41, 5.74) is 1.67. The third-order valence-corrected chi connectivity index (χ3v) is 2.86. The molecule has 1 aromatic carbocycles. The van der Waals surface area contributed by atoms with Crippen molar-refractivity contribution in [1.82, 2.24) is 5.32 Å². The van der Waals surface area contributed by atoms with Crippen molar-refractivity contribution in [3.05, 3.63) is 23.8 Å². The molecule has 0 bridgehead atoms. The van der Waals surface area contributed by atoms with Crippen LogP contribution < -0.4 is 15.4 Å². The molecule has 3 N–H and O–H groups in total. The Kier molecular flexibility index (Phi) is 6.87. The van der Waals surface area contributed by atoms with E-state index in [4.69, 9.17) is 9.84 Å². The number of ether oxygens (including phenoxy) is 1. The predicted molar refractivity (Wildman–Crippen MR) is 80.3 cm³/mol. The van der Waals surface area contributed by atoms with Crippen LogP contribution in [0.2, 0.25) is 0 Å². The summed E-state index contributed by atoms with van der Waals surface area (Å²) in [6, 6.07) is 4.97. The number of aliphatic hydroxyl groups excluding tert-OH is 1. The lowest BCUT2D eigenvalue weighted by molar-refractivity contribution is 0.229. The van der Waals surface area contributed by atoms with Gasteiger partial charge in [0.2, 0.25) is 0 Å². The van der Waals surface area contributed by atoms with E-state index in [0.29, 0.717) is 6.61 Å². The van der Waals surface area contributed by atoms with Gasteiger partial charge in [-0.1, -0.05) is 13.3 Å². The van der Waals surface area contributed by atoms with Crippen molar-refractivity contribution in [3.63, 3.8) is 0 Å². The van der Waals surface area contributed by atoms with Gasteiger partial charge in [-0.15, -0.1) is 0 Å². The van der Waals surface area contributed by atoms with E-state index in [-0.39, 0.29) is 18.7 Å². The first-order valence-corrected chi connectivity index (χ1v) is 6.98. The maximum atomic E-state index is 11.7. The molecule has 1 rings (SSSR count).